The first-order valence-electron chi connectivity index (χ1n) is 20.7. The molecule has 59 heavy (non-hydrogen) atoms. The van der Waals surface area contributed by atoms with Crippen LogP contribution in [-0.4, -0.2) is 98.6 Å². The van der Waals surface area contributed by atoms with Crippen molar-refractivity contribution in [3.05, 3.63) is 87.4 Å². The van der Waals surface area contributed by atoms with Crippen LogP contribution in [0.25, 0.3) is 15.7 Å². The standard InChI is InChI=1S/C44H51ClF2N6O5S/c1-27-32(10-11-34(39(27)45)56-23-22-53-20-18-52(2)19-21-53)37-38-36(25-49-40(37)28-7-5-8-28)59-51-42(38)58-35(43(54)55)24-30-6-3-4-9-33(30)57-26-31-14-17-48-41(50-31)29-12-15-44(46,47)16-13-29/h3-4,6,9,14,17,25,28-29,35H,5,7-8,10-13,15-16,18-24,26H2,1-2H3,(H,54,55)/t35-/m1/s1. The van der Waals surface area contributed by atoms with Gasteiger partial charge in [-0.1, -0.05) is 36.2 Å². The van der Waals surface area contributed by atoms with Crippen LogP contribution in [-0.2, 0) is 22.6 Å². The van der Waals surface area contributed by atoms with Crippen LogP contribution < -0.4 is 9.47 Å². The fourth-order valence-electron chi connectivity index (χ4n) is 8.47. The quantitative estimate of drug-likeness (QED) is 0.123. The van der Waals surface area contributed by atoms with E-state index in [0.717, 1.165) is 90.2 Å². The molecular formula is C44H51ClF2N6O5S. The topological polar surface area (TPSA) is 123 Å². The lowest BCUT2D eigenvalue weighted by Gasteiger charge is -2.32. The highest BCUT2D eigenvalue weighted by molar-refractivity contribution is 7.13. The second-order valence-electron chi connectivity index (χ2n) is 16.3. The number of benzene rings is 1. The first kappa shape index (κ1) is 41.5. The maximum absolute atomic E-state index is 13.8. The Kier molecular flexibility index (Phi) is 12.8. The van der Waals surface area contributed by atoms with Crippen molar-refractivity contribution in [1.82, 2.24) is 29.1 Å². The predicted molar refractivity (Wildman–Crippen MR) is 223 cm³/mol. The zero-order valence-corrected chi connectivity index (χ0v) is 35.2. The summed E-state index contributed by atoms with van der Waals surface area (Å²) in [6.45, 7) is 7.72. The Morgan fingerprint density at radius 3 is 2.56 bits per heavy atom. The number of alkyl halides is 2. The SMILES string of the molecule is CC1=C(c2c(C3CCC3)ncc3snc(O[C@H](Cc4ccccc4OCc4ccnc(C5CCC(F)(F)CC5)n4)C(=O)O)c23)CCC(OCCN2CCN(C)CC2)=C1Cl. The number of fused-ring (bicyclic) bond motifs is 1. The van der Waals surface area contributed by atoms with Crippen molar-refractivity contribution in [2.75, 3.05) is 46.4 Å². The summed E-state index contributed by atoms with van der Waals surface area (Å²) in [7, 11) is 2.15. The number of nitrogens with zero attached hydrogens (tertiary/aromatic N) is 6. The minimum absolute atomic E-state index is 0.0108. The average molecular weight is 849 g/mol. The molecule has 1 atom stereocenters. The second-order valence-corrected chi connectivity index (χ2v) is 17.5. The number of hydrogen-bond acceptors (Lipinski definition) is 11. The van der Waals surface area contributed by atoms with Crippen molar-refractivity contribution in [2.24, 2.45) is 0 Å². The molecule has 2 saturated carbocycles. The Hall–Kier alpha value is -4.24. The summed E-state index contributed by atoms with van der Waals surface area (Å²) in [6, 6.07) is 8.99. The summed E-state index contributed by atoms with van der Waals surface area (Å²) < 4.78 is 52.0. The Bertz CT molecular complexity index is 2210. The summed E-state index contributed by atoms with van der Waals surface area (Å²) in [5.41, 5.74) is 5.16. The molecule has 0 unspecified atom stereocenters. The minimum Gasteiger partial charge on any atom is -0.495 e. The van der Waals surface area contributed by atoms with Gasteiger partial charge in [0.15, 0.2) is 0 Å². The molecule has 4 heterocycles. The maximum Gasteiger partial charge on any atom is 0.345 e. The first-order chi connectivity index (χ1) is 28.5. The number of likely N-dealkylation sites (N-methyl/N-ethyl adjacent to an activating group) is 1. The van der Waals surface area contributed by atoms with Gasteiger partial charge in [0, 0.05) is 88.2 Å². The number of hydrogen-bond donors (Lipinski definition) is 1. The summed E-state index contributed by atoms with van der Waals surface area (Å²) in [6.07, 6.45) is 7.04. The minimum atomic E-state index is -2.63. The lowest BCUT2D eigenvalue weighted by molar-refractivity contribution is -0.145. The van der Waals surface area contributed by atoms with Gasteiger partial charge in [-0.05, 0) is 86.5 Å². The average Bonchev–Trinajstić information content (AvgIpc) is 3.62. The van der Waals surface area contributed by atoms with E-state index in [0.29, 0.717) is 60.2 Å². The summed E-state index contributed by atoms with van der Waals surface area (Å²) >= 11 is 8.34. The lowest BCUT2D eigenvalue weighted by atomic mass is 9.77. The first-order valence-corrected chi connectivity index (χ1v) is 21.9. The van der Waals surface area contributed by atoms with E-state index < -0.39 is 18.0 Å². The van der Waals surface area contributed by atoms with E-state index in [9.17, 15) is 18.7 Å². The number of halogens is 3. The van der Waals surface area contributed by atoms with E-state index in [-0.39, 0.29) is 43.6 Å². The molecule has 1 saturated heterocycles. The number of pyridine rings is 1. The Morgan fingerprint density at radius 1 is 1.03 bits per heavy atom. The van der Waals surface area contributed by atoms with Crippen LogP contribution in [0.1, 0.15) is 105 Å². The largest absolute Gasteiger partial charge is 0.495 e. The van der Waals surface area contributed by atoms with Gasteiger partial charge in [-0.15, -0.1) is 0 Å². The van der Waals surface area contributed by atoms with E-state index in [4.69, 9.17) is 30.8 Å². The zero-order chi connectivity index (χ0) is 41.1. The molecule has 1 aromatic carbocycles. The highest BCUT2D eigenvalue weighted by Crippen LogP contribution is 2.48. The number of aliphatic carboxylic acids is 1. The number of carboxylic acids is 1. The second kappa shape index (κ2) is 18.2. The van der Waals surface area contributed by atoms with Crippen LogP contribution in [0.4, 0.5) is 8.78 Å². The molecule has 3 aromatic heterocycles. The molecule has 0 radical (unpaired) electrons. The van der Waals surface area contributed by atoms with Crippen LogP contribution in [0.3, 0.4) is 0 Å². The number of ether oxygens (including phenoxy) is 3. The lowest BCUT2D eigenvalue weighted by Crippen LogP contribution is -2.45. The highest BCUT2D eigenvalue weighted by Gasteiger charge is 2.37. The molecule has 0 spiro atoms. The molecular weight excluding hydrogens is 798 g/mol. The fourth-order valence-corrected chi connectivity index (χ4v) is 9.42. The molecule has 11 nitrogen and oxygen atoms in total. The van der Waals surface area contributed by atoms with Crippen molar-refractivity contribution in [3.63, 3.8) is 0 Å². The number of carboxylic acid groups (broad SMARTS) is 1. The number of piperazine rings is 1. The molecule has 4 aromatic rings. The molecule has 314 valence electrons. The van der Waals surface area contributed by atoms with Crippen LogP contribution in [0.5, 0.6) is 11.6 Å². The summed E-state index contributed by atoms with van der Waals surface area (Å²) in [4.78, 5) is 31.7. The molecule has 3 fully saturated rings. The van der Waals surface area contributed by atoms with Gasteiger partial charge < -0.3 is 24.2 Å². The number of carbonyl (C=O) groups is 1. The van der Waals surface area contributed by atoms with Crippen LogP contribution in [0.2, 0.25) is 0 Å². The Morgan fingerprint density at radius 2 is 1.81 bits per heavy atom. The van der Waals surface area contributed by atoms with Crippen LogP contribution in [0.15, 0.2) is 59.1 Å². The fraction of sp³-hybridized carbons (Fsp3) is 0.523. The molecule has 3 aliphatic carbocycles. The molecule has 0 amide bonds. The molecule has 15 heteroatoms. The summed E-state index contributed by atoms with van der Waals surface area (Å²) in [5.74, 6) is -1.51. The van der Waals surface area contributed by atoms with Crippen molar-refractivity contribution >= 4 is 44.8 Å². The van der Waals surface area contributed by atoms with Crippen molar-refractivity contribution in [1.29, 1.82) is 0 Å². The van der Waals surface area contributed by atoms with Gasteiger partial charge in [-0.2, -0.15) is 4.37 Å². The number of rotatable bonds is 15. The van der Waals surface area contributed by atoms with Gasteiger partial charge in [0.2, 0.25) is 17.9 Å². The summed E-state index contributed by atoms with van der Waals surface area (Å²) in [5, 5.41) is 11.9. The van der Waals surface area contributed by atoms with Gasteiger partial charge in [0.1, 0.15) is 30.5 Å². The van der Waals surface area contributed by atoms with Gasteiger partial charge in [0.25, 0.3) is 0 Å². The number of para-hydroxylation sites is 1. The van der Waals surface area contributed by atoms with Crippen molar-refractivity contribution in [3.8, 4) is 11.6 Å². The van der Waals surface area contributed by atoms with Gasteiger partial charge >= 0.3 is 5.97 Å². The molecule has 1 N–H and O–H groups in total. The normalized spacial score (nSPS) is 20.2. The molecule has 0 bridgehead atoms. The maximum atomic E-state index is 13.8. The third kappa shape index (κ3) is 9.56. The Labute approximate surface area is 352 Å². The van der Waals surface area contributed by atoms with Crippen molar-refractivity contribution < 1.29 is 32.9 Å². The van der Waals surface area contributed by atoms with Gasteiger partial charge in [-0.25, -0.2) is 23.5 Å². The molecule has 8 rings (SSSR count). The smallest absolute Gasteiger partial charge is 0.345 e. The van der Waals surface area contributed by atoms with E-state index >= 15 is 0 Å². The van der Waals surface area contributed by atoms with Gasteiger partial charge in [-0.3, -0.25) is 9.88 Å². The van der Waals surface area contributed by atoms with E-state index in [1.54, 1.807) is 18.3 Å². The number of aromatic nitrogens is 4. The van der Waals surface area contributed by atoms with Crippen LogP contribution in [0, 0.1) is 0 Å². The Balaban J connectivity index is 1.02. The van der Waals surface area contributed by atoms with E-state index in [1.807, 2.05) is 31.3 Å². The third-order valence-corrected chi connectivity index (χ3v) is 13.6. The van der Waals surface area contributed by atoms with E-state index in [1.165, 1.54) is 11.5 Å². The predicted octanol–water partition coefficient (Wildman–Crippen LogP) is 8.98. The van der Waals surface area contributed by atoms with Crippen molar-refractivity contribution in [2.45, 2.75) is 102 Å². The monoisotopic (exact) mass is 848 g/mol. The van der Waals surface area contributed by atoms with E-state index in [2.05, 4.69) is 31.2 Å². The highest BCUT2D eigenvalue weighted by atomic mass is 35.5. The third-order valence-electron chi connectivity index (χ3n) is 12.3. The zero-order valence-electron chi connectivity index (χ0n) is 33.6. The number of allylic oxidation sites excluding steroid dienone is 4. The molecule has 4 aliphatic rings. The molecule has 1 aliphatic heterocycles. The van der Waals surface area contributed by atoms with Gasteiger partial charge in [0.05, 0.1) is 26.5 Å². The van der Waals surface area contributed by atoms with Crippen LogP contribution >= 0.6 is 23.1 Å².